The van der Waals surface area contributed by atoms with Gasteiger partial charge >= 0.3 is 5.97 Å². The molecule has 0 radical (unpaired) electrons. The standard InChI is InChI=1S/C25H32N4O3/c1-3-4-5-6-7-11-24(30)32-17-22(26)25(31)28-20-13-12-19-16-27-29(23(19)15-20)21-10-8-9-18(2)14-21/h8-10,12-16,22H,3-7,11,17,26H2,1-2H3,(H,28,31)/t22-/m0/s1. The SMILES string of the molecule is CCCCCCCC(=O)OC[C@H](N)C(=O)Nc1ccc2cnn(-c3cccc(C)c3)c2c1. The molecule has 0 aliphatic carbocycles. The molecule has 0 unspecified atom stereocenters. The molecule has 3 aromatic rings. The molecule has 0 saturated heterocycles. The topological polar surface area (TPSA) is 99.2 Å². The van der Waals surface area contributed by atoms with Gasteiger partial charge in [-0.25, -0.2) is 4.68 Å². The minimum atomic E-state index is -0.934. The highest BCUT2D eigenvalue weighted by molar-refractivity contribution is 5.97. The van der Waals surface area contributed by atoms with E-state index in [1.54, 1.807) is 12.3 Å². The molecule has 1 atom stereocenters. The van der Waals surface area contributed by atoms with Crippen LogP contribution in [0.1, 0.15) is 51.0 Å². The number of nitrogens with one attached hydrogen (secondary N) is 1. The summed E-state index contributed by atoms with van der Waals surface area (Å²) in [6, 6.07) is 12.7. The first-order chi connectivity index (χ1) is 15.5. The zero-order valence-electron chi connectivity index (χ0n) is 18.8. The molecule has 0 spiro atoms. The van der Waals surface area contributed by atoms with Crippen LogP contribution < -0.4 is 11.1 Å². The molecule has 0 saturated carbocycles. The number of aryl methyl sites for hydroxylation is 1. The quantitative estimate of drug-likeness (QED) is 0.340. The van der Waals surface area contributed by atoms with Gasteiger partial charge in [-0.2, -0.15) is 5.10 Å². The molecule has 0 aliphatic heterocycles. The number of aromatic nitrogens is 2. The third-order valence-corrected chi connectivity index (χ3v) is 5.33. The maximum Gasteiger partial charge on any atom is 0.305 e. The maximum absolute atomic E-state index is 12.5. The first kappa shape index (κ1) is 23.5. The molecule has 3 N–H and O–H groups in total. The number of fused-ring (bicyclic) bond motifs is 1. The third kappa shape index (κ3) is 6.40. The molecular weight excluding hydrogens is 404 g/mol. The predicted molar refractivity (Wildman–Crippen MR) is 127 cm³/mol. The van der Waals surface area contributed by atoms with Crippen molar-refractivity contribution < 1.29 is 14.3 Å². The van der Waals surface area contributed by atoms with Gasteiger partial charge in [0.1, 0.15) is 12.6 Å². The van der Waals surface area contributed by atoms with Crippen LogP contribution in [0.2, 0.25) is 0 Å². The monoisotopic (exact) mass is 436 g/mol. The summed E-state index contributed by atoms with van der Waals surface area (Å²) in [7, 11) is 0. The molecule has 1 aromatic heterocycles. The molecule has 0 fully saturated rings. The van der Waals surface area contributed by atoms with Gasteiger partial charge in [0.25, 0.3) is 0 Å². The highest BCUT2D eigenvalue weighted by Crippen LogP contribution is 2.22. The molecule has 0 bridgehead atoms. The second-order valence-electron chi connectivity index (χ2n) is 8.11. The summed E-state index contributed by atoms with van der Waals surface area (Å²) in [6.45, 7) is 4.04. The van der Waals surface area contributed by atoms with Gasteiger partial charge in [-0.05, 0) is 49.2 Å². The average Bonchev–Trinajstić information content (AvgIpc) is 3.20. The van der Waals surface area contributed by atoms with E-state index >= 15 is 0 Å². The molecular formula is C25H32N4O3. The molecule has 2 aromatic carbocycles. The van der Waals surface area contributed by atoms with E-state index in [-0.39, 0.29) is 12.6 Å². The number of esters is 1. The fraction of sp³-hybridized carbons (Fsp3) is 0.400. The lowest BCUT2D eigenvalue weighted by molar-refractivity contribution is -0.144. The smallest absolute Gasteiger partial charge is 0.305 e. The van der Waals surface area contributed by atoms with E-state index in [2.05, 4.69) is 17.3 Å². The van der Waals surface area contributed by atoms with Gasteiger partial charge < -0.3 is 15.8 Å². The van der Waals surface area contributed by atoms with E-state index in [1.165, 1.54) is 6.42 Å². The van der Waals surface area contributed by atoms with Crippen molar-refractivity contribution in [2.24, 2.45) is 5.73 Å². The number of benzene rings is 2. The van der Waals surface area contributed by atoms with E-state index in [1.807, 2.05) is 48.0 Å². The number of ether oxygens (including phenoxy) is 1. The lowest BCUT2D eigenvalue weighted by Gasteiger charge is -2.13. The zero-order chi connectivity index (χ0) is 22.9. The molecule has 1 amide bonds. The molecule has 32 heavy (non-hydrogen) atoms. The van der Waals surface area contributed by atoms with Gasteiger partial charge in [-0.1, -0.05) is 44.7 Å². The molecule has 170 valence electrons. The van der Waals surface area contributed by atoms with E-state index < -0.39 is 11.9 Å². The molecule has 7 heteroatoms. The van der Waals surface area contributed by atoms with Gasteiger partial charge in [-0.15, -0.1) is 0 Å². The number of nitrogens with zero attached hydrogens (tertiary/aromatic N) is 2. The molecule has 0 aliphatic rings. The summed E-state index contributed by atoms with van der Waals surface area (Å²) in [6.07, 6.45) is 7.42. The van der Waals surface area contributed by atoms with Crippen LogP contribution in [0.4, 0.5) is 5.69 Å². The van der Waals surface area contributed by atoms with E-state index in [9.17, 15) is 9.59 Å². The van der Waals surface area contributed by atoms with Crippen LogP contribution in [0.15, 0.2) is 48.7 Å². The van der Waals surface area contributed by atoms with Crippen molar-refractivity contribution >= 4 is 28.5 Å². The van der Waals surface area contributed by atoms with Crippen molar-refractivity contribution in [2.45, 2.75) is 58.4 Å². The lowest BCUT2D eigenvalue weighted by Crippen LogP contribution is -2.40. The zero-order valence-corrected chi connectivity index (χ0v) is 18.8. The third-order valence-electron chi connectivity index (χ3n) is 5.33. The summed E-state index contributed by atoms with van der Waals surface area (Å²) in [5, 5.41) is 8.24. The van der Waals surface area contributed by atoms with Gasteiger partial charge in [0.05, 0.1) is 17.4 Å². The van der Waals surface area contributed by atoms with E-state index in [0.29, 0.717) is 12.1 Å². The van der Waals surface area contributed by atoms with E-state index in [0.717, 1.165) is 47.8 Å². The Morgan fingerprint density at radius 3 is 2.72 bits per heavy atom. The van der Waals surface area contributed by atoms with Crippen LogP contribution in [0.5, 0.6) is 0 Å². The van der Waals surface area contributed by atoms with Crippen LogP contribution in [0.25, 0.3) is 16.6 Å². The summed E-state index contributed by atoms with van der Waals surface area (Å²) in [4.78, 5) is 24.3. The number of hydrogen-bond donors (Lipinski definition) is 2. The van der Waals surface area contributed by atoms with Crippen LogP contribution in [0.3, 0.4) is 0 Å². The van der Waals surface area contributed by atoms with Crippen LogP contribution in [-0.4, -0.2) is 34.3 Å². The van der Waals surface area contributed by atoms with Gasteiger partial charge in [0.15, 0.2) is 0 Å². The Labute approximate surface area is 188 Å². The number of hydrogen-bond acceptors (Lipinski definition) is 5. The Morgan fingerprint density at radius 2 is 1.94 bits per heavy atom. The maximum atomic E-state index is 12.5. The van der Waals surface area contributed by atoms with Crippen molar-refractivity contribution in [1.29, 1.82) is 0 Å². The van der Waals surface area contributed by atoms with Gasteiger partial charge in [0.2, 0.25) is 5.91 Å². The minimum Gasteiger partial charge on any atom is -0.463 e. The van der Waals surface area contributed by atoms with Crippen molar-refractivity contribution in [2.75, 3.05) is 11.9 Å². The number of rotatable bonds is 11. The first-order valence-electron chi connectivity index (χ1n) is 11.2. The normalized spacial score (nSPS) is 12.0. The van der Waals surface area contributed by atoms with E-state index in [4.69, 9.17) is 10.5 Å². The van der Waals surface area contributed by atoms with Crippen molar-refractivity contribution in [3.63, 3.8) is 0 Å². The Morgan fingerprint density at radius 1 is 1.12 bits per heavy atom. The van der Waals surface area contributed by atoms with Crippen LogP contribution >= 0.6 is 0 Å². The number of unbranched alkanes of at least 4 members (excludes halogenated alkanes) is 4. The predicted octanol–water partition coefficient (Wildman–Crippen LogP) is 4.50. The molecule has 1 heterocycles. The van der Waals surface area contributed by atoms with Crippen LogP contribution in [0, 0.1) is 6.92 Å². The Kier molecular flexibility index (Phi) is 8.39. The van der Waals surface area contributed by atoms with Crippen molar-refractivity contribution in [1.82, 2.24) is 9.78 Å². The summed E-state index contributed by atoms with van der Waals surface area (Å²) in [5.41, 5.74) is 9.49. The van der Waals surface area contributed by atoms with Gasteiger partial charge in [0, 0.05) is 17.5 Å². The number of carbonyl (C=O) groups excluding carboxylic acids is 2. The fourth-order valence-electron chi connectivity index (χ4n) is 3.50. The highest BCUT2D eigenvalue weighted by Gasteiger charge is 2.17. The summed E-state index contributed by atoms with van der Waals surface area (Å²) in [5.74, 6) is -0.713. The fourth-order valence-corrected chi connectivity index (χ4v) is 3.50. The summed E-state index contributed by atoms with van der Waals surface area (Å²) >= 11 is 0. The average molecular weight is 437 g/mol. The van der Waals surface area contributed by atoms with Crippen LogP contribution in [-0.2, 0) is 14.3 Å². The van der Waals surface area contributed by atoms with Crippen molar-refractivity contribution in [3.05, 3.63) is 54.2 Å². The second-order valence-corrected chi connectivity index (χ2v) is 8.11. The summed E-state index contributed by atoms with van der Waals surface area (Å²) < 4.78 is 7.01. The van der Waals surface area contributed by atoms with Crippen molar-refractivity contribution in [3.8, 4) is 5.69 Å². The molecule has 3 rings (SSSR count). The Bertz CT molecular complexity index is 1060. The number of anilines is 1. The molecule has 7 nitrogen and oxygen atoms in total. The Balaban J connectivity index is 1.56. The lowest BCUT2D eigenvalue weighted by atomic mass is 10.1. The number of nitrogens with two attached hydrogens (primary N) is 1. The second kappa shape index (κ2) is 11.4. The largest absolute Gasteiger partial charge is 0.463 e. The highest BCUT2D eigenvalue weighted by atomic mass is 16.5. The number of amides is 1. The first-order valence-corrected chi connectivity index (χ1v) is 11.2. The number of carbonyl (C=O) groups is 2. The Hall–Kier alpha value is -3.19. The minimum absolute atomic E-state index is 0.136. The van der Waals surface area contributed by atoms with Gasteiger partial charge in [-0.3, -0.25) is 9.59 Å².